The number of halogens is 2. The number of carbonyl (C=O) groups is 1. The van der Waals surface area contributed by atoms with Crippen molar-refractivity contribution in [1.29, 1.82) is 0 Å². The Bertz CT molecular complexity index is 416. The van der Waals surface area contributed by atoms with Crippen molar-refractivity contribution in [2.75, 3.05) is 13.2 Å². The van der Waals surface area contributed by atoms with Crippen molar-refractivity contribution in [2.45, 2.75) is 31.8 Å². The molecule has 1 fully saturated rings. The van der Waals surface area contributed by atoms with Crippen molar-refractivity contribution >= 4 is 49.1 Å². The Morgan fingerprint density at radius 3 is 2.78 bits per heavy atom. The molecule has 0 bridgehead atoms. The van der Waals surface area contributed by atoms with E-state index in [2.05, 4.69) is 37.2 Å². The minimum atomic E-state index is -0.0566. The van der Waals surface area contributed by atoms with Crippen LogP contribution < -0.4 is 5.32 Å². The molecule has 1 amide bonds. The monoisotopic (exact) mass is 395 g/mol. The van der Waals surface area contributed by atoms with E-state index in [1.54, 1.807) is 0 Å². The highest BCUT2D eigenvalue weighted by molar-refractivity contribution is 9.12. The largest absolute Gasteiger partial charge is 0.376 e. The predicted octanol–water partition coefficient (Wildman–Crippen LogP) is 3.96. The van der Waals surface area contributed by atoms with Crippen LogP contribution in [0.5, 0.6) is 0 Å². The number of hydrogen-bond donors (Lipinski definition) is 1. The first kappa shape index (κ1) is 14.5. The Morgan fingerprint density at radius 2 is 2.17 bits per heavy atom. The predicted molar refractivity (Wildman–Crippen MR) is 80.3 cm³/mol. The lowest BCUT2D eigenvalue weighted by atomic mass is 10.3. The van der Waals surface area contributed by atoms with Gasteiger partial charge in [0, 0.05) is 6.54 Å². The summed E-state index contributed by atoms with van der Waals surface area (Å²) in [5, 5.41) is 2.87. The number of ether oxygens (including phenoxy) is 1. The molecule has 0 atom stereocenters. The van der Waals surface area contributed by atoms with E-state index in [0.29, 0.717) is 24.8 Å². The smallest absolute Gasteiger partial charge is 0.253 e. The van der Waals surface area contributed by atoms with Crippen LogP contribution in [0, 0.1) is 0 Å². The molecule has 1 aliphatic carbocycles. The van der Waals surface area contributed by atoms with E-state index in [4.69, 9.17) is 4.74 Å². The van der Waals surface area contributed by atoms with Gasteiger partial charge in [-0.2, -0.15) is 0 Å². The molecule has 18 heavy (non-hydrogen) atoms. The fourth-order valence-electron chi connectivity index (χ4n) is 2.04. The quantitative estimate of drug-likeness (QED) is 0.765. The summed E-state index contributed by atoms with van der Waals surface area (Å²) in [5.41, 5.74) is 0.674. The number of thiophene rings is 1. The molecule has 1 N–H and O–H groups in total. The Balaban J connectivity index is 1.70. The molecule has 1 heterocycles. The summed E-state index contributed by atoms with van der Waals surface area (Å²) in [6.07, 6.45) is 5.28. The Labute approximate surface area is 128 Å². The molecule has 0 spiro atoms. The average Bonchev–Trinajstić information content (AvgIpc) is 2.94. The van der Waals surface area contributed by atoms with Crippen molar-refractivity contribution in [3.63, 3.8) is 0 Å². The normalized spacial score (nSPS) is 16.1. The zero-order valence-electron chi connectivity index (χ0n) is 9.88. The van der Waals surface area contributed by atoms with Crippen LogP contribution in [0.3, 0.4) is 0 Å². The van der Waals surface area contributed by atoms with Crippen LogP contribution in [0.2, 0.25) is 0 Å². The van der Waals surface area contributed by atoms with Crippen molar-refractivity contribution < 1.29 is 9.53 Å². The van der Waals surface area contributed by atoms with Crippen LogP contribution in [0.1, 0.15) is 36.0 Å². The van der Waals surface area contributed by atoms with Gasteiger partial charge in [-0.25, -0.2) is 0 Å². The zero-order chi connectivity index (χ0) is 13.0. The lowest BCUT2D eigenvalue weighted by Gasteiger charge is -2.11. The van der Waals surface area contributed by atoms with E-state index < -0.39 is 0 Å². The molecule has 1 saturated carbocycles. The third kappa shape index (κ3) is 4.05. The highest BCUT2D eigenvalue weighted by Gasteiger charge is 2.16. The minimum Gasteiger partial charge on any atom is -0.376 e. The summed E-state index contributed by atoms with van der Waals surface area (Å²) < 4.78 is 7.49. The van der Waals surface area contributed by atoms with Gasteiger partial charge in [-0.15, -0.1) is 11.3 Å². The first-order valence-electron chi connectivity index (χ1n) is 6.01. The topological polar surface area (TPSA) is 38.3 Å². The molecule has 2 rings (SSSR count). The highest BCUT2D eigenvalue weighted by atomic mass is 79.9. The lowest BCUT2D eigenvalue weighted by Crippen LogP contribution is -2.28. The molecule has 0 radical (unpaired) electrons. The standard InChI is InChI=1S/C12H15Br2NO2S/c13-10-7-9(11(14)18-10)12(16)15-5-6-17-8-3-1-2-4-8/h7-8H,1-6H2,(H,15,16). The second-order valence-electron chi connectivity index (χ2n) is 4.27. The van der Waals surface area contributed by atoms with Gasteiger partial charge in [-0.05, 0) is 50.8 Å². The fourth-order valence-corrected chi connectivity index (χ4v) is 4.83. The van der Waals surface area contributed by atoms with E-state index in [1.165, 1.54) is 24.2 Å². The number of amides is 1. The number of nitrogens with one attached hydrogen (secondary N) is 1. The third-order valence-corrected chi connectivity index (χ3v) is 5.28. The minimum absolute atomic E-state index is 0.0566. The van der Waals surface area contributed by atoms with Gasteiger partial charge in [0.25, 0.3) is 5.91 Å². The molecule has 0 saturated heterocycles. The van der Waals surface area contributed by atoms with Crippen LogP contribution >= 0.6 is 43.2 Å². The second-order valence-corrected chi connectivity index (χ2v) is 8.02. The third-order valence-electron chi connectivity index (χ3n) is 2.94. The lowest BCUT2D eigenvalue weighted by molar-refractivity contribution is 0.0582. The summed E-state index contributed by atoms with van der Waals surface area (Å²) in [7, 11) is 0. The molecule has 3 nitrogen and oxygen atoms in total. The first-order valence-corrected chi connectivity index (χ1v) is 8.41. The summed E-state index contributed by atoms with van der Waals surface area (Å²) in [6, 6.07) is 1.82. The molecule has 0 aromatic carbocycles. The van der Waals surface area contributed by atoms with Crippen LogP contribution in [0.15, 0.2) is 13.6 Å². The SMILES string of the molecule is O=C(NCCOC1CCCC1)c1cc(Br)sc1Br. The van der Waals surface area contributed by atoms with Gasteiger partial charge >= 0.3 is 0 Å². The molecule has 100 valence electrons. The van der Waals surface area contributed by atoms with Crippen LogP contribution in [0.25, 0.3) is 0 Å². The van der Waals surface area contributed by atoms with Crippen LogP contribution in [0.4, 0.5) is 0 Å². The second kappa shape index (κ2) is 7.03. The fraction of sp³-hybridized carbons (Fsp3) is 0.583. The number of hydrogen-bond acceptors (Lipinski definition) is 3. The Kier molecular flexibility index (Phi) is 5.66. The average molecular weight is 397 g/mol. The molecule has 1 aliphatic rings. The molecule has 6 heteroatoms. The van der Waals surface area contributed by atoms with Gasteiger partial charge in [0.2, 0.25) is 0 Å². The molecule has 1 aromatic heterocycles. The first-order chi connectivity index (χ1) is 8.66. The summed E-state index contributed by atoms with van der Waals surface area (Å²) in [6.45, 7) is 1.16. The molecule has 0 unspecified atom stereocenters. The van der Waals surface area contributed by atoms with E-state index >= 15 is 0 Å². The van der Waals surface area contributed by atoms with E-state index in [-0.39, 0.29) is 5.91 Å². The molecular formula is C12H15Br2NO2S. The van der Waals surface area contributed by atoms with Crippen molar-refractivity contribution in [2.24, 2.45) is 0 Å². The zero-order valence-corrected chi connectivity index (χ0v) is 13.9. The highest BCUT2D eigenvalue weighted by Crippen LogP contribution is 2.31. The van der Waals surface area contributed by atoms with Gasteiger partial charge < -0.3 is 10.1 Å². The van der Waals surface area contributed by atoms with Gasteiger partial charge in [-0.1, -0.05) is 12.8 Å². The van der Waals surface area contributed by atoms with E-state index in [9.17, 15) is 4.79 Å². The van der Waals surface area contributed by atoms with Gasteiger partial charge in [0.15, 0.2) is 0 Å². The number of carbonyl (C=O) groups excluding carboxylic acids is 1. The maximum absolute atomic E-state index is 11.9. The van der Waals surface area contributed by atoms with Crippen molar-refractivity contribution in [3.05, 3.63) is 19.2 Å². The summed E-state index contributed by atoms with van der Waals surface area (Å²) >= 11 is 8.24. The van der Waals surface area contributed by atoms with Crippen LogP contribution in [-0.2, 0) is 4.74 Å². The Morgan fingerprint density at radius 1 is 1.44 bits per heavy atom. The summed E-state index contributed by atoms with van der Waals surface area (Å²) in [5.74, 6) is -0.0566. The van der Waals surface area contributed by atoms with Crippen LogP contribution in [-0.4, -0.2) is 25.2 Å². The van der Waals surface area contributed by atoms with Gasteiger partial charge in [0.05, 0.1) is 25.8 Å². The van der Waals surface area contributed by atoms with Crippen molar-refractivity contribution in [1.82, 2.24) is 5.32 Å². The summed E-state index contributed by atoms with van der Waals surface area (Å²) in [4.78, 5) is 11.9. The van der Waals surface area contributed by atoms with E-state index in [0.717, 1.165) is 20.4 Å². The maximum atomic E-state index is 11.9. The number of rotatable bonds is 5. The van der Waals surface area contributed by atoms with Gasteiger partial charge in [0.1, 0.15) is 0 Å². The van der Waals surface area contributed by atoms with E-state index in [1.807, 2.05) is 6.07 Å². The molecule has 0 aliphatic heterocycles. The molecule has 1 aromatic rings. The molecular weight excluding hydrogens is 382 g/mol. The maximum Gasteiger partial charge on any atom is 0.253 e. The van der Waals surface area contributed by atoms with Crippen molar-refractivity contribution in [3.8, 4) is 0 Å². The van der Waals surface area contributed by atoms with Gasteiger partial charge in [-0.3, -0.25) is 4.79 Å². The Hall–Kier alpha value is 0.0900.